The van der Waals surface area contributed by atoms with E-state index in [1.165, 1.54) is 0 Å². The molecule has 4 nitrogen and oxygen atoms in total. The fraction of sp³-hybridized carbons (Fsp3) is 0.500. The molecule has 0 aromatic heterocycles. The maximum atomic E-state index is 12.1. The normalized spacial score (nSPS) is 26.1. The van der Waals surface area contributed by atoms with Crippen molar-refractivity contribution >= 4 is 6.09 Å². The van der Waals surface area contributed by atoms with Crippen LogP contribution in [0, 0.1) is 0 Å². The number of carbonyl (C=O) groups is 1. The van der Waals surface area contributed by atoms with Crippen molar-refractivity contribution < 1.29 is 9.53 Å². The number of benzene rings is 1. The van der Waals surface area contributed by atoms with Gasteiger partial charge in [0, 0.05) is 13.1 Å². The topological polar surface area (TPSA) is 41.6 Å². The first-order chi connectivity index (χ1) is 8.80. The third kappa shape index (κ3) is 1.97. The molecule has 18 heavy (non-hydrogen) atoms. The first-order valence-corrected chi connectivity index (χ1v) is 6.54. The lowest BCUT2D eigenvalue weighted by Gasteiger charge is -2.46. The second-order valence-electron chi connectivity index (χ2n) is 5.00. The first-order valence-electron chi connectivity index (χ1n) is 6.54. The summed E-state index contributed by atoms with van der Waals surface area (Å²) >= 11 is 0. The van der Waals surface area contributed by atoms with Gasteiger partial charge in [-0.3, -0.25) is 10.2 Å². The van der Waals surface area contributed by atoms with Crippen LogP contribution in [0.3, 0.4) is 0 Å². The van der Waals surface area contributed by atoms with Gasteiger partial charge in [0.15, 0.2) is 0 Å². The fourth-order valence-corrected chi connectivity index (χ4v) is 2.80. The van der Waals surface area contributed by atoms with E-state index in [0.29, 0.717) is 6.61 Å². The lowest BCUT2D eigenvalue weighted by molar-refractivity contribution is 0.0176. The molecule has 0 aliphatic carbocycles. The van der Waals surface area contributed by atoms with E-state index in [1.54, 1.807) is 0 Å². The molecule has 96 valence electrons. The number of likely N-dealkylation sites (tertiary alicyclic amines) is 1. The van der Waals surface area contributed by atoms with E-state index >= 15 is 0 Å². The number of carbonyl (C=O) groups excluding carboxylic acids is 1. The number of nitrogens with one attached hydrogen (secondary N) is 1. The van der Waals surface area contributed by atoms with E-state index in [1.807, 2.05) is 35.2 Å². The molecule has 3 rings (SSSR count). The summed E-state index contributed by atoms with van der Waals surface area (Å²) in [5.41, 5.74) is 0.939. The van der Waals surface area contributed by atoms with Gasteiger partial charge in [0.05, 0.1) is 5.66 Å². The molecule has 1 aromatic carbocycles. The summed E-state index contributed by atoms with van der Waals surface area (Å²) in [5.74, 6) is 0. The van der Waals surface area contributed by atoms with Crippen molar-refractivity contribution in [2.45, 2.75) is 31.5 Å². The maximum absolute atomic E-state index is 12.1. The van der Waals surface area contributed by atoms with Gasteiger partial charge < -0.3 is 4.74 Å². The maximum Gasteiger partial charge on any atom is 0.411 e. The molecule has 2 fully saturated rings. The minimum atomic E-state index is -0.191. The van der Waals surface area contributed by atoms with Gasteiger partial charge in [-0.1, -0.05) is 30.3 Å². The molecule has 2 aliphatic rings. The number of hydrogen-bond donors (Lipinski definition) is 1. The smallest absolute Gasteiger partial charge is 0.411 e. The average Bonchev–Trinajstić information content (AvgIpc) is 2.82. The van der Waals surface area contributed by atoms with Crippen molar-refractivity contribution in [3.8, 4) is 0 Å². The highest BCUT2D eigenvalue weighted by molar-refractivity contribution is 5.69. The molecule has 2 saturated heterocycles. The summed E-state index contributed by atoms with van der Waals surface area (Å²) in [6, 6.07) is 9.80. The summed E-state index contributed by atoms with van der Waals surface area (Å²) in [7, 11) is 0. The van der Waals surface area contributed by atoms with E-state index in [2.05, 4.69) is 5.32 Å². The number of rotatable bonds is 2. The van der Waals surface area contributed by atoms with Gasteiger partial charge in [0.25, 0.3) is 0 Å². The van der Waals surface area contributed by atoms with Crippen molar-refractivity contribution in [3.05, 3.63) is 35.9 Å². The molecule has 1 amide bonds. The SMILES string of the molecule is O=C(OCc1ccccc1)N1CCCC12CCN2. The third-order valence-electron chi connectivity index (χ3n) is 3.91. The van der Waals surface area contributed by atoms with Crippen LogP contribution in [0.5, 0.6) is 0 Å². The Hall–Kier alpha value is -1.55. The van der Waals surface area contributed by atoms with E-state index in [-0.39, 0.29) is 11.8 Å². The van der Waals surface area contributed by atoms with Crippen LogP contribution in [0.15, 0.2) is 30.3 Å². The van der Waals surface area contributed by atoms with Crippen LogP contribution in [0.25, 0.3) is 0 Å². The van der Waals surface area contributed by atoms with Crippen LogP contribution in [0.1, 0.15) is 24.8 Å². The molecule has 1 N–H and O–H groups in total. The van der Waals surface area contributed by atoms with E-state index in [4.69, 9.17) is 4.74 Å². The van der Waals surface area contributed by atoms with Crippen molar-refractivity contribution in [1.29, 1.82) is 0 Å². The van der Waals surface area contributed by atoms with Gasteiger partial charge in [-0.15, -0.1) is 0 Å². The monoisotopic (exact) mass is 246 g/mol. The van der Waals surface area contributed by atoms with Crippen LogP contribution in [0.4, 0.5) is 4.79 Å². The molecule has 2 aliphatic heterocycles. The third-order valence-corrected chi connectivity index (χ3v) is 3.91. The molecule has 1 aromatic rings. The zero-order valence-corrected chi connectivity index (χ0v) is 10.4. The van der Waals surface area contributed by atoms with Crippen LogP contribution in [-0.2, 0) is 11.3 Å². The number of nitrogens with zero attached hydrogens (tertiary/aromatic N) is 1. The lowest BCUT2D eigenvalue weighted by Crippen LogP contribution is -2.65. The van der Waals surface area contributed by atoms with Crippen molar-refractivity contribution in [1.82, 2.24) is 10.2 Å². The van der Waals surface area contributed by atoms with Gasteiger partial charge in [-0.25, -0.2) is 4.79 Å². The van der Waals surface area contributed by atoms with Crippen molar-refractivity contribution in [3.63, 3.8) is 0 Å². The Morgan fingerprint density at radius 1 is 1.33 bits per heavy atom. The molecule has 0 bridgehead atoms. The van der Waals surface area contributed by atoms with E-state index in [0.717, 1.165) is 37.9 Å². The summed E-state index contributed by atoms with van der Waals surface area (Å²) in [5, 5.41) is 3.38. The highest BCUT2D eigenvalue weighted by Crippen LogP contribution is 2.35. The minimum Gasteiger partial charge on any atom is -0.445 e. The zero-order chi connectivity index (χ0) is 12.4. The molecule has 0 saturated carbocycles. The zero-order valence-electron chi connectivity index (χ0n) is 10.4. The fourth-order valence-electron chi connectivity index (χ4n) is 2.80. The molecule has 2 heterocycles. The van der Waals surface area contributed by atoms with Crippen LogP contribution in [0.2, 0.25) is 0 Å². The van der Waals surface area contributed by atoms with Crippen LogP contribution < -0.4 is 5.32 Å². The summed E-state index contributed by atoms with van der Waals surface area (Å²) in [4.78, 5) is 14.0. The predicted molar refractivity (Wildman–Crippen MR) is 67.9 cm³/mol. The predicted octanol–water partition coefficient (Wildman–Crippen LogP) is 2.11. The summed E-state index contributed by atoms with van der Waals surface area (Å²) in [6.45, 7) is 2.16. The van der Waals surface area contributed by atoms with Gasteiger partial charge in [0.1, 0.15) is 6.61 Å². The quantitative estimate of drug-likeness (QED) is 0.869. The Morgan fingerprint density at radius 3 is 2.78 bits per heavy atom. The molecular weight excluding hydrogens is 228 g/mol. The largest absolute Gasteiger partial charge is 0.445 e. The van der Waals surface area contributed by atoms with E-state index in [9.17, 15) is 4.79 Å². The van der Waals surface area contributed by atoms with Gasteiger partial charge in [-0.05, 0) is 24.8 Å². The Morgan fingerprint density at radius 2 is 2.11 bits per heavy atom. The average molecular weight is 246 g/mol. The van der Waals surface area contributed by atoms with Gasteiger partial charge in [0.2, 0.25) is 0 Å². The van der Waals surface area contributed by atoms with Crippen molar-refractivity contribution in [2.24, 2.45) is 0 Å². The molecule has 4 heteroatoms. The van der Waals surface area contributed by atoms with Crippen LogP contribution in [-0.4, -0.2) is 29.7 Å². The summed E-state index contributed by atoms with van der Waals surface area (Å²) < 4.78 is 5.39. The van der Waals surface area contributed by atoms with Gasteiger partial charge in [-0.2, -0.15) is 0 Å². The first kappa shape index (κ1) is 11.5. The molecule has 0 radical (unpaired) electrons. The molecular formula is C14H18N2O2. The molecule has 1 unspecified atom stereocenters. The molecule has 1 spiro atoms. The number of amides is 1. The standard InChI is InChI=1S/C14H18N2O2/c17-13(18-11-12-5-2-1-3-6-12)16-10-4-7-14(16)8-9-15-14/h1-3,5-6,15H,4,7-11H2. The van der Waals surface area contributed by atoms with Crippen molar-refractivity contribution in [2.75, 3.05) is 13.1 Å². The molecule has 1 atom stereocenters. The Labute approximate surface area is 107 Å². The highest BCUT2D eigenvalue weighted by Gasteiger charge is 2.48. The minimum absolute atomic E-state index is 0.0895. The highest BCUT2D eigenvalue weighted by atomic mass is 16.6. The Kier molecular flexibility index (Phi) is 2.96. The Balaban J connectivity index is 1.58. The second-order valence-corrected chi connectivity index (χ2v) is 5.00. The second kappa shape index (κ2) is 4.61. The number of ether oxygens (including phenoxy) is 1. The summed E-state index contributed by atoms with van der Waals surface area (Å²) in [6.07, 6.45) is 2.97. The number of hydrogen-bond acceptors (Lipinski definition) is 3. The van der Waals surface area contributed by atoms with E-state index < -0.39 is 0 Å². The Bertz CT molecular complexity index is 429. The van der Waals surface area contributed by atoms with Crippen LogP contribution >= 0.6 is 0 Å². The van der Waals surface area contributed by atoms with Gasteiger partial charge >= 0.3 is 6.09 Å². The lowest BCUT2D eigenvalue weighted by atomic mass is 9.95.